The second kappa shape index (κ2) is 3.45. The van der Waals surface area contributed by atoms with E-state index in [0.717, 1.165) is 28.1 Å². The molecule has 0 aliphatic carbocycles. The van der Waals surface area contributed by atoms with Gasteiger partial charge in [0.2, 0.25) is 0 Å². The van der Waals surface area contributed by atoms with Crippen LogP contribution in [0, 0.1) is 0 Å². The molecule has 0 aromatic carbocycles. The number of fused-ring (bicyclic) bond motifs is 1. The minimum Gasteiger partial charge on any atom is -0.351 e. The fourth-order valence-corrected chi connectivity index (χ4v) is 2.84. The SMILES string of the molecule is Cn1cccc1/C=c1\sc2n(c1=O)CCN=2. The van der Waals surface area contributed by atoms with Gasteiger partial charge in [-0.2, -0.15) is 0 Å². The molecule has 0 atom stereocenters. The van der Waals surface area contributed by atoms with Crippen molar-refractivity contribution in [1.82, 2.24) is 9.13 Å². The van der Waals surface area contributed by atoms with Gasteiger partial charge in [0, 0.05) is 25.5 Å². The van der Waals surface area contributed by atoms with Gasteiger partial charge in [-0.3, -0.25) is 14.4 Å². The van der Waals surface area contributed by atoms with Crippen molar-refractivity contribution in [3.8, 4) is 0 Å². The van der Waals surface area contributed by atoms with Crippen LogP contribution in [0.1, 0.15) is 5.69 Å². The summed E-state index contributed by atoms with van der Waals surface area (Å²) in [7, 11) is 1.97. The first-order chi connectivity index (χ1) is 7.75. The summed E-state index contributed by atoms with van der Waals surface area (Å²) in [5.74, 6) is 0. The van der Waals surface area contributed by atoms with Crippen molar-refractivity contribution < 1.29 is 0 Å². The standard InChI is InChI=1S/C11H11N3OS/c1-13-5-2-3-8(13)7-9-10(15)14-6-4-12-11(14)16-9/h2-3,5,7H,4,6H2,1H3/b9-7-. The van der Waals surface area contributed by atoms with Crippen LogP contribution in [0.5, 0.6) is 0 Å². The zero-order valence-electron chi connectivity index (χ0n) is 8.88. The molecule has 3 heterocycles. The predicted molar refractivity (Wildman–Crippen MR) is 63.2 cm³/mol. The average Bonchev–Trinajstić information content (AvgIpc) is 2.91. The maximum atomic E-state index is 12.0. The van der Waals surface area contributed by atoms with Gasteiger partial charge in [-0.05, 0) is 18.2 Å². The van der Waals surface area contributed by atoms with Gasteiger partial charge < -0.3 is 4.57 Å². The van der Waals surface area contributed by atoms with E-state index < -0.39 is 0 Å². The number of thiazole rings is 1. The highest BCUT2D eigenvalue weighted by molar-refractivity contribution is 7.07. The molecule has 16 heavy (non-hydrogen) atoms. The van der Waals surface area contributed by atoms with Crippen molar-refractivity contribution >= 4 is 17.4 Å². The highest BCUT2D eigenvalue weighted by Gasteiger charge is 2.09. The van der Waals surface area contributed by atoms with Gasteiger partial charge in [0.1, 0.15) is 0 Å². The number of hydrogen-bond donors (Lipinski definition) is 0. The van der Waals surface area contributed by atoms with Crippen LogP contribution in [0.15, 0.2) is 28.1 Å². The summed E-state index contributed by atoms with van der Waals surface area (Å²) in [6.45, 7) is 1.47. The van der Waals surface area contributed by atoms with Crippen LogP contribution in [-0.2, 0) is 13.6 Å². The topological polar surface area (TPSA) is 39.3 Å². The van der Waals surface area contributed by atoms with Crippen molar-refractivity contribution in [3.63, 3.8) is 0 Å². The van der Waals surface area contributed by atoms with Gasteiger partial charge in [-0.1, -0.05) is 11.3 Å². The van der Waals surface area contributed by atoms with Crippen LogP contribution in [0.2, 0.25) is 0 Å². The third-order valence-corrected chi connectivity index (χ3v) is 3.77. The summed E-state index contributed by atoms with van der Waals surface area (Å²) >= 11 is 1.47. The molecule has 3 rings (SSSR count). The van der Waals surface area contributed by atoms with Gasteiger partial charge in [0.25, 0.3) is 5.56 Å². The van der Waals surface area contributed by atoms with Crippen LogP contribution in [-0.4, -0.2) is 15.7 Å². The number of aromatic nitrogens is 2. The van der Waals surface area contributed by atoms with Gasteiger partial charge in [0.05, 0.1) is 11.1 Å². The monoisotopic (exact) mass is 233 g/mol. The minimum atomic E-state index is 0.0856. The number of nitrogens with zero attached hydrogens (tertiary/aromatic N) is 3. The highest BCUT2D eigenvalue weighted by atomic mass is 32.1. The number of rotatable bonds is 1. The van der Waals surface area contributed by atoms with Crippen LogP contribution in [0.25, 0.3) is 6.08 Å². The van der Waals surface area contributed by atoms with Crippen LogP contribution < -0.4 is 14.9 Å². The molecule has 0 unspecified atom stereocenters. The Bertz CT molecular complexity index is 704. The van der Waals surface area contributed by atoms with Crippen molar-refractivity contribution in [1.29, 1.82) is 0 Å². The molecule has 0 bridgehead atoms. The van der Waals surface area contributed by atoms with Crippen molar-refractivity contribution in [3.05, 3.63) is 43.7 Å². The molecule has 0 N–H and O–H groups in total. The van der Waals surface area contributed by atoms with E-state index in [0.29, 0.717) is 0 Å². The van der Waals surface area contributed by atoms with E-state index in [1.807, 2.05) is 36.0 Å². The highest BCUT2D eigenvalue weighted by Crippen LogP contribution is 1.99. The Morgan fingerprint density at radius 1 is 1.56 bits per heavy atom. The molecule has 0 saturated heterocycles. The summed E-state index contributed by atoms with van der Waals surface area (Å²) in [5, 5.41) is 0. The fourth-order valence-electron chi connectivity index (χ4n) is 1.83. The molecule has 1 aliphatic heterocycles. The zero-order valence-corrected chi connectivity index (χ0v) is 9.70. The first kappa shape index (κ1) is 9.59. The Labute approximate surface area is 95.8 Å². The van der Waals surface area contributed by atoms with E-state index in [2.05, 4.69) is 4.99 Å². The average molecular weight is 233 g/mol. The molecule has 2 aromatic rings. The summed E-state index contributed by atoms with van der Waals surface area (Å²) in [5.41, 5.74) is 1.13. The first-order valence-corrected chi connectivity index (χ1v) is 5.94. The molecular weight excluding hydrogens is 222 g/mol. The lowest BCUT2D eigenvalue weighted by atomic mass is 10.4. The first-order valence-electron chi connectivity index (χ1n) is 5.13. The Kier molecular flexibility index (Phi) is 2.07. The predicted octanol–water partition coefficient (Wildman–Crippen LogP) is -0.290. The molecule has 0 radical (unpaired) electrons. The molecule has 0 fully saturated rings. The second-order valence-corrected chi connectivity index (χ2v) is 4.78. The Morgan fingerprint density at radius 3 is 3.12 bits per heavy atom. The lowest BCUT2D eigenvalue weighted by Crippen LogP contribution is -2.29. The van der Waals surface area contributed by atoms with Crippen LogP contribution in [0.4, 0.5) is 0 Å². The Balaban J connectivity index is 2.26. The van der Waals surface area contributed by atoms with E-state index >= 15 is 0 Å². The molecule has 4 nitrogen and oxygen atoms in total. The van der Waals surface area contributed by atoms with E-state index in [4.69, 9.17) is 0 Å². The Hall–Kier alpha value is -1.62. The maximum absolute atomic E-state index is 12.0. The second-order valence-electron chi connectivity index (χ2n) is 3.78. The van der Waals surface area contributed by atoms with E-state index in [1.165, 1.54) is 11.3 Å². The summed E-state index contributed by atoms with van der Waals surface area (Å²) in [4.78, 5) is 17.1. The number of hydrogen-bond acceptors (Lipinski definition) is 3. The third-order valence-electron chi connectivity index (χ3n) is 2.72. The summed E-state index contributed by atoms with van der Waals surface area (Å²) in [6.07, 6.45) is 3.89. The smallest absolute Gasteiger partial charge is 0.270 e. The van der Waals surface area contributed by atoms with Crippen molar-refractivity contribution in [2.75, 3.05) is 6.54 Å². The molecule has 1 aliphatic rings. The van der Waals surface area contributed by atoms with Crippen LogP contribution in [0.3, 0.4) is 0 Å². The van der Waals surface area contributed by atoms with Crippen molar-refractivity contribution in [2.45, 2.75) is 6.54 Å². The van der Waals surface area contributed by atoms with Gasteiger partial charge >= 0.3 is 0 Å². The largest absolute Gasteiger partial charge is 0.351 e. The molecule has 0 spiro atoms. The van der Waals surface area contributed by atoms with Crippen LogP contribution >= 0.6 is 11.3 Å². The van der Waals surface area contributed by atoms with E-state index in [-0.39, 0.29) is 5.56 Å². The summed E-state index contributed by atoms with van der Waals surface area (Å²) < 4.78 is 4.51. The van der Waals surface area contributed by atoms with Gasteiger partial charge in [0.15, 0.2) is 4.80 Å². The van der Waals surface area contributed by atoms with Gasteiger partial charge in [-0.25, -0.2) is 0 Å². The minimum absolute atomic E-state index is 0.0856. The van der Waals surface area contributed by atoms with Gasteiger partial charge in [-0.15, -0.1) is 0 Å². The Morgan fingerprint density at radius 2 is 2.44 bits per heavy atom. The molecular formula is C11H11N3OS. The molecule has 0 amide bonds. The molecule has 82 valence electrons. The maximum Gasteiger partial charge on any atom is 0.270 e. The summed E-state index contributed by atoms with van der Waals surface area (Å²) in [6, 6.07) is 3.96. The molecule has 5 heteroatoms. The lowest BCUT2D eigenvalue weighted by Gasteiger charge is -1.93. The molecule has 2 aromatic heterocycles. The third kappa shape index (κ3) is 1.36. The fraction of sp³-hybridized carbons (Fsp3) is 0.273. The zero-order chi connectivity index (χ0) is 11.1. The normalized spacial score (nSPS) is 15.2. The van der Waals surface area contributed by atoms with E-state index in [9.17, 15) is 4.79 Å². The molecule has 0 saturated carbocycles. The quantitative estimate of drug-likeness (QED) is 0.667. The van der Waals surface area contributed by atoms with E-state index in [1.54, 1.807) is 4.57 Å². The number of aryl methyl sites for hydroxylation is 1. The lowest BCUT2D eigenvalue weighted by molar-refractivity contribution is 0.740. The van der Waals surface area contributed by atoms with Crippen molar-refractivity contribution in [2.24, 2.45) is 12.0 Å².